The van der Waals surface area contributed by atoms with Crippen LogP contribution in [0.2, 0.25) is 5.02 Å². The van der Waals surface area contributed by atoms with Crippen LogP contribution in [0.15, 0.2) is 51.8 Å². The zero-order chi connectivity index (χ0) is 15.6. The molecule has 0 fully saturated rings. The smallest absolute Gasteiger partial charge is 0.261 e. The predicted octanol–water partition coefficient (Wildman–Crippen LogP) is 3.92. The zero-order valence-electron chi connectivity index (χ0n) is 11.2. The minimum atomic E-state index is -3.67. The van der Waals surface area contributed by atoms with Crippen LogP contribution >= 0.6 is 27.5 Å². The van der Waals surface area contributed by atoms with Gasteiger partial charge in [-0.05, 0) is 58.7 Å². The van der Waals surface area contributed by atoms with E-state index >= 15 is 0 Å². The number of benzene rings is 2. The van der Waals surface area contributed by atoms with Crippen LogP contribution in [-0.2, 0) is 10.0 Å². The highest BCUT2D eigenvalue weighted by Gasteiger charge is 2.15. The van der Waals surface area contributed by atoms with Crippen LogP contribution in [0.25, 0.3) is 0 Å². The highest BCUT2D eigenvalue weighted by molar-refractivity contribution is 9.10. The van der Waals surface area contributed by atoms with E-state index in [2.05, 4.69) is 20.7 Å². The molecule has 1 unspecified atom stereocenters. The largest absolute Gasteiger partial charge is 0.324 e. The number of sulfonamides is 1. The van der Waals surface area contributed by atoms with Crippen molar-refractivity contribution in [3.05, 3.63) is 57.5 Å². The summed E-state index contributed by atoms with van der Waals surface area (Å²) < 4.78 is 27.9. The number of hydrogen-bond donors (Lipinski definition) is 2. The average Bonchev–Trinajstić information content (AvgIpc) is 2.43. The highest BCUT2D eigenvalue weighted by Crippen LogP contribution is 2.27. The van der Waals surface area contributed by atoms with Crippen LogP contribution in [0, 0.1) is 0 Å². The van der Waals surface area contributed by atoms with Gasteiger partial charge < -0.3 is 5.73 Å². The molecule has 1 atom stereocenters. The molecule has 4 nitrogen and oxygen atoms in total. The molecule has 21 heavy (non-hydrogen) atoms. The number of nitrogens with one attached hydrogen (secondary N) is 1. The second-order valence-corrected chi connectivity index (χ2v) is 7.54. The minimum Gasteiger partial charge on any atom is -0.324 e. The molecule has 2 aromatic rings. The molecular weight excluding hydrogens is 376 g/mol. The lowest BCUT2D eigenvalue weighted by Gasteiger charge is -2.11. The number of nitrogens with two attached hydrogens (primary N) is 1. The molecule has 0 radical (unpaired) electrons. The molecule has 7 heteroatoms. The van der Waals surface area contributed by atoms with Crippen LogP contribution in [0.3, 0.4) is 0 Å². The zero-order valence-corrected chi connectivity index (χ0v) is 14.3. The average molecular weight is 390 g/mol. The van der Waals surface area contributed by atoms with Gasteiger partial charge in [-0.15, -0.1) is 0 Å². The van der Waals surface area contributed by atoms with Crippen molar-refractivity contribution in [2.45, 2.75) is 17.9 Å². The maximum atomic E-state index is 12.4. The van der Waals surface area contributed by atoms with Gasteiger partial charge in [-0.25, -0.2) is 8.42 Å². The summed E-state index contributed by atoms with van der Waals surface area (Å²) in [5.74, 6) is 0. The normalized spacial score (nSPS) is 13.0. The fourth-order valence-electron chi connectivity index (χ4n) is 1.74. The third-order valence-corrected chi connectivity index (χ3v) is 5.46. The Hall–Kier alpha value is -1.08. The topological polar surface area (TPSA) is 72.2 Å². The predicted molar refractivity (Wildman–Crippen MR) is 89.0 cm³/mol. The molecule has 2 aromatic carbocycles. The monoisotopic (exact) mass is 388 g/mol. The molecule has 0 aromatic heterocycles. The van der Waals surface area contributed by atoms with Gasteiger partial charge in [-0.3, -0.25) is 4.72 Å². The molecule has 0 amide bonds. The first kappa shape index (κ1) is 16.3. The third kappa shape index (κ3) is 3.97. The maximum Gasteiger partial charge on any atom is 0.261 e. The van der Waals surface area contributed by atoms with E-state index in [-0.39, 0.29) is 10.9 Å². The van der Waals surface area contributed by atoms with Crippen molar-refractivity contribution in [2.75, 3.05) is 4.72 Å². The first-order chi connectivity index (χ1) is 9.79. The standard InChI is InChI=1S/C14H14BrClN2O2S/c1-9(17)10-3-2-4-12(7-10)21(19,20)18-11-5-6-14(16)13(15)8-11/h2-9,18H,17H2,1H3. The number of anilines is 1. The summed E-state index contributed by atoms with van der Waals surface area (Å²) in [4.78, 5) is 0.170. The van der Waals surface area contributed by atoms with Gasteiger partial charge in [0, 0.05) is 10.5 Å². The Labute approximate surface area is 137 Å². The Morgan fingerprint density at radius 3 is 2.57 bits per heavy atom. The lowest BCUT2D eigenvalue weighted by molar-refractivity contribution is 0.601. The molecule has 0 aliphatic rings. The highest BCUT2D eigenvalue weighted by atomic mass is 79.9. The van der Waals surface area contributed by atoms with E-state index in [9.17, 15) is 8.42 Å². The molecule has 0 aliphatic heterocycles. The van der Waals surface area contributed by atoms with Crippen LogP contribution in [0.1, 0.15) is 18.5 Å². The van der Waals surface area contributed by atoms with Crippen molar-refractivity contribution in [2.24, 2.45) is 5.73 Å². The first-order valence-electron chi connectivity index (χ1n) is 6.13. The summed E-state index contributed by atoms with van der Waals surface area (Å²) in [7, 11) is -3.67. The van der Waals surface area contributed by atoms with Crippen LogP contribution < -0.4 is 10.5 Å². The molecule has 0 aliphatic carbocycles. The van der Waals surface area contributed by atoms with Gasteiger partial charge in [0.05, 0.1) is 15.6 Å². The van der Waals surface area contributed by atoms with Gasteiger partial charge in [-0.2, -0.15) is 0 Å². The Balaban J connectivity index is 2.33. The third-order valence-electron chi connectivity index (χ3n) is 2.87. The second kappa shape index (κ2) is 6.36. The second-order valence-electron chi connectivity index (χ2n) is 4.60. The van der Waals surface area contributed by atoms with E-state index < -0.39 is 10.0 Å². The Morgan fingerprint density at radius 1 is 1.24 bits per heavy atom. The fourth-order valence-corrected chi connectivity index (χ4v) is 3.34. The SMILES string of the molecule is CC(N)c1cccc(S(=O)(=O)Nc2ccc(Cl)c(Br)c2)c1. The summed E-state index contributed by atoms with van der Waals surface area (Å²) in [6.07, 6.45) is 0. The van der Waals surface area contributed by atoms with E-state index in [0.717, 1.165) is 5.56 Å². The van der Waals surface area contributed by atoms with Gasteiger partial charge in [-0.1, -0.05) is 23.7 Å². The molecule has 3 N–H and O–H groups in total. The lowest BCUT2D eigenvalue weighted by Crippen LogP contribution is -2.14. The molecule has 112 valence electrons. The molecule has 0 bridgehead atoms. The maximum absolute atomic E-state index is 12.4. The lowest BCUT2D eigenvalue weighted by atomic mass is 10.1. The van der Waals surface area contributed by atoms with Crippen LogP contribution in [0.5, 0.6) is 0 Å². The number of halogens is 2. The van der Waals surface area contributed by atoms with Gasteiger partial charge >= 0.3 is 0 Å². The van der Waals surface area contributed by atoms with E-state index in [1.807, 2.05) is 0 Å². The van der Waals surface area contributed by atoms with Gasteiger partial charge in [0.2, 0.25) is 0 Å². The van der Waals surface area contributed by atoms with E-state index in [0.29, 0.717) is 15.2 Å². The van der Waals surface area contributed by atoms with Crippen molar-refractivity contribution >= 4 is 43.2 Å². The van der Waals surface area contributed by atoms with Crippen LogP contribution in [-0.4, -0.2) is 8.42 Å². The summed E-state index contributed by atoms with van der Waals surface area (Å²) in [5, 5.41) is 0.511. The first-order valence-corrected chi connectivity index (χ1v) is 8.78. The van der Waals surface area contributed by atoms with Crippen LogP contribution in [0.4, 0.5) is 5.69 Å². The molecular formula is C14H14BrClN2O2S. The minimum absolute atomic E-state index is 0.170. The fraction of sp³-hybridized carbons (Fsp3) is 0.143. The van der Waals surface area contributed by atoms with Gasteiger partial charge in [0.15, 0.2) is 0 Å². The van der Waals surface area contributed by atoms with Crippen molar-refractivity contribution in [3.63, 3.8) is 0 Å². The number of rotatable bonds is 4. The quantitative estimate of drug-likeness (QED) is 0.832. The van der Waals surface area contributed by atoms with Gasteiger partial charge in [0.1, 0.15) is 0 Å². The van der Waals surface area contributed by atoms with Crippen molar-refractivity contribution < 1.29 is 8.42 Å². The molecule has 0 heterocycles. The molecule has 0 saturated heterocycles. The van der Waals surface area contributed by atoms with E-state index in [1.54, 1.807) is 43.3 Å². The Morgan fingerprint density at radius 2 is 1.95 bits per heavy atom. The summed E-state index contributed by atoms with van der Waals surface area (Å²) in [6.45, 7) is 1.80. The van der Waals surface area contributed by atoms with Crippen molar-refractivity contribution in [1.29, 1.82) is 0 Å². The Bertz CT molecular complexity index is 763. The Kier molecular flexibility index (Phi) is 4.93. The number of hydrogen-bond acceptors (Lipinski definition) is 3. The van der Waals surface area contributed by atoms with Crippen molar-refractivity contribution in [3.8, 4) is 0 Å². The molecule has 0 saturated carbocycles. The molecule has 0 spiro atoms. The van der Waals surface area contributed by atoms with Crippen molar-refractivity contribution in [1.82, 2.24) is 0 Å². The summed E-state index contributed by atoms with van der Waals surface area (Å²) >= 11 is 9.14. The molecule has 2 rings (SSSR count). The summed E-state index contributed by atoms with van der Waals surface area (Å²) in [5.41, 5.74) is 6.97. The summed E-state index contributed by atoms with van der Waals surface area (Å²) in [6, 6.07) is 11.1. The van der Waals surface area contributed by atoms with E-state index in [4.69, 9.17) is 17.3 Å². The van der Waals surface area contributed by atoms with E-state index in [1.165, 1.54) is 6.07 Å². The van der Waals surface area contributed by atoms with Gasteiger partial charge in [0.25, 0.3) is 10.0 Å².